The Bertz CT molecular complexity index is 1130. The quantitative estimate of drug-likeness (QED) is 0.423. The molecule has 3 rings (SSSR count). The van der Waals surface area contributed by atoms with Gasteiger partial charge in [0.1, 0.15) is 23.0 Å². The summed E-state index contributed by atoms with van der Waals surface area (Å²) in [5, 5.41) is 11.1. The predicted octanol–water partition coefficient (Wildman–Crippen LogP) is 5.71. The molecule has 0 saturated carbocycles. The maximum Gasteiger partial charge on any atom is 0.411 e. The number of nitrogens with one attached hydrogen (secondary N) is 1. The van der Waals surface area contributed by atoms with Crippen LogP contribution in [0.1, 0.15) is 22.8 Å². The number of hydrogen-bond acceptors (Lipinski definition) is 5. The van der Waals surface area contributed by atoms with E-state index in [1.807, 2.05) is 5.32 Å². The lowest BCUT2D eigenvalue weighted by Crippen LogP contribution is -2.34. The lowest BCUT2D eigenvalue weighted by Gasteiger charge is -2.13. The molecule has 8 heteroatoms. The van der Waals surface area contributed by atoms with Gasteiger partial charge in [-0.15, -0.1) is 0 Å². The van der Waals surface area contributed by atoms with E-state index < -0.39 is 17.9 Å². The van der Waals surface area contributed by atoms with Crippen molar-refractivity contribution in [1.82, 2.24) is 5.32 Å². The second-order valence-electron chi connectivity index (χ2n) is 7.02. The van der Waals surface area contributed by atoms with E-state index in [-0.39, 0.29) is 0 Å². The van der Waals surface area contributed by atoms with Gasteiger partial charge in [0.2, 0.25) is 5.91 Å². The van der Waals surface area contributed by atoms with Crippen molar-refractivity contribution < 1.29 is 29.0 Å². The van der Waals surface area contributed by atoms with Gasteiger partial charge in [-0.3, -0.25) is 14.9 Å². The summed E-state index contributed by atoms with van der Waals surface area (Å²) < 4.78 is 11.6. The standard InChI is InChI=1S/C24H20ClNO6/c1-15(23(28)26-24(29)30)11-16-3-2-4-20(12-16)32-22-10-9-21(13-17(22)14-27)31-19-7-5-18(25)6-8-19/h2-10,12-15H,11H2,1H3,(H,26,28)(H,29,30). The molecular formula is C24H20ClNO6. The molecule has 0 spiro atoms. The molecule has 1 atom stereocenters. The molecule has 1 unspecified atom stereocenters. The maximum absolute atomic E-state index is 11.8. The third-order valence-corrected chi connectivity index (χ3v) is 4.76. The highest BCUT2D eigenvalue weighted by Crippen LogP contribution is 2.31. The van der Waals surface area contributed by atoms with Crippen molar-refractivity contribution in [3.63, 3.8) is 0 Å². The summed E-state index contributed by atoms with van der Waals surface area (Å²) in [6.45, 7) is 1.63. The van der Waals surface area contributed by atoms with Crippen molar-refractivity contribution >= 4 is 29.9 Å². The number of carbonyl (C=O) groups excluding carboxylic acids is 2. The molecule has 0 aliphatic carbocycles. The highest BCUT2D eigenvalue weighted by molar-refractivity contribution is 6.30. The van der Waals surface area contributed by atoms with E-state index in [1.165, 1.54) is 0 Å². The molecule has 164 valence electrons. The molecule has 32 heavy (non-hydrogen) atoms. The number of amides is 2. The molecule has 2 amide bonds. The van der Waals surface area contributed by atoms with E-state index in [2.05, 4.69) is 0 Å². The molecular weight excluding hydrogens is 434 g/mol. The molecule has 2 N–H and O–H groups in total. The van der Waals surface area contributed by atoms with Crippen molar-refractivity contribution in [2.45, 2.75) is 13.3 Å². The van der Waals surface area contributed by atoms with Crippen LogP contribution in [0.2, 0.25) is 5.02 Å². The number of ether oxygens (including phenoxy) is 2. The first-order valence-corrected chi connectivity index (χ1v) is 10.0. The molecule has 0 aliphatic rings. The summed E-state index contributed by atoms with van der Waals surface area (Å²) in [5.74, 6) is 0.738. The lowest BCUT2D eigenvalue weighted by atomic mass is 10.0. The maximum atomic E-state index is 11.8. The second kappa shape index (κ2) is 10.5. The number of aldehydes is 1. The molecule has 7 nitrogen and oxygen atoms in total. The van der Waals surface area contributed by atoms with Crippen LogP contribution in [0.15, 0.2) is 66.7 Å². The van der Waals surface area contributed by atoms with Crippen LogP contribution in [-0.4, -0.2) is 23.4 Å². The van der Waals surface area contributed by atoms with Crippen molar-refractivity contribution in [2.75, 3.05) is 0 Å². The first-order chi connectivity index (χ1) is 15.3. The number of imide groups is 1. The largest absolute Gasteiger partial charge is 0.465 e. The van der Waals surface area contributed by atoms with Gasteiger partial charge in [0.15, 0.2) is 6.29 Å². The van der Waals surface area contributed by atoms with E-state index in [9.17, 15) is 14.4 Å². The Balaban J connectivity index is 1.71. The number of benzene rings is 3. The molecule has 0 bridgehead atoms. The molecule has 3 aromatic rings. The molecule has 0 saturated heterocycles. The highest BCUT2D eigenvalue weighted by atomic mass is 35.5. The monoisotopic (exact) mass is 453 g/mol. The van der Waals surface area contributed by atoms with Gasteiger partial charge in [-0.1, -0.05) is 30.7 Å². The van der Waals surface area contributed by atoms with Crippen LogP contribution in [0, 0.1) is 5.92 Å². The SMILES string of the molecule is CC(Cc1cccc(Oc2ccc(Oc3ccc(Cl)cc3)cc2C=O)c1)C(=O)NC(=O)O. The van der Waals surface area contributed by atoms with Crippen LogP contribution in [0.3, 0.4) is 0 Å². The van der Waals surface area contributed by atoms with E-state index in [1.54, 1.807) is 73.7 Å². The first kappa shape index (κ1) is 22.8. The minimum Gasteiger partial charge on any atom is -0.465 e. The van der Waals surface area contributed by atoms with Crippen LogP contribution >= 0.6 is 11.6 Å². The van der Waals surface area contributed by atoms with Crippen LogP contribution < -0.4 is 14.8 Å². The zero-order valence-electron chi connectivity index (χ0n) is 17.1. The average molecular weight is 454 g/mol. The predicted molar refractivity (Wildman–Crippen MR) is 119 cm³/mol. The van der Waals surface area contributed by atoms with Gasteiger partial charge in [-0.2, -0.15) is 0 Å². The Labute approximate surface area is 189 Å². The zero-order chi connectivity index (χ0) is 23.1. The van der Waals surface area contributed by atoms with Crippen LogP contribution in [0.25, 0.3) is 0 Å². The summed E-state index contributed by atoms with van der Waals surface area (Å²) >= 11 is 5.87. The van der Waals surface area contributed by atoms with Crippen molar-refractivity contribution in [2.24, 2.45) is 5.92 Å². The highest BCUT2D eigenvalue weighted by Gasteiger charge is 2.16. The number of hydrogen-bond donors (Lipinski definition) is 2. The molecule has 0 radical (unpaired) electrons. The third kappa shape index (κ3) is 6.33. The van der Waals surface area contributed by atoms with Gasteiger partial charge in [-0.25, -0.2) is 4.79 Å². The smallest absolute Gasteiger partial charge is 0.411 e. The Morgan fingerprint density at radius 2 is 1.69 bits per heavy atom. The molecule has 0 heterocycles. The van der Waals surface area contributed by atoms with E-state index in [4.69, 9.17) is 26.2 Å². The fourth-order valence-electron chi connectivity index (χ4n) is 2.95. The van der Waals surface area contributed by atoms with Gasteiger partial charge in [0, 0.05) is 10.9 Å². The number of carbonyl (C=O) groups is 3. The summed E-state index contributed by atoms with van der Waals surface area (Å²) in [6.07, 6.45) is -0.388. The Kier molecular flexibility index (Phi) is 7.46. The van der Waals surface area contributed by atoms with Gasteiger partial charge in [0.05, 0.1) is 5.56 Å². The second-order valence-corrected chi connectivity index (χ2v) is 7.46. The average Bonchev–Trinajstić information content (AvgIpc) is 2.76. The summed E-state index contributed by atoms with van der Waals surface area (Å²) in [4.78, 5) is 34.0. The number of halogens is 1. The van der Waals surface area contributed by atoms with Crippen molar-refractivity contribution in [3.8, 4) is 23.0 Å². The summed E-state index contributed by atoms with van der Waals surface area (Å²) in [7, 11) is 0. The van der Waals surface area contributed by atoms with Gasteiger partial charge in [-0.05, 0) is 66.6 Å². The van der Waals surface area contributed by atoms with E-state index in [0.29, 0.717) is 46.3 Å². The summed E-state index contributed by atoms with van der Waals surface area (Å²) in [5.41, 5.74) is 1.09. The lowest BCUT2D eigenvalue weighted by molar-refractivity contribution is -0.123. The number of rotatable bonds is 8. The number of carboxylic acid groups (broad SMARTS) is 1. The first-order valence-electron chi connectivity index (χ1n) is 9.67. The molecule has 0 aliphatic heterocycles. The Morgan fingerprint density at radius 3 is 2.38 bits per heavy atom. The molecule has 3 aromatic carbocycles. The van der Waals surface area contributed by atoms with Crippen LogP contribution in [-0.2, 0) is 11.2 Å². The Morgan fingerprint density at radius 1 is 1.00 bits per heavy atom. The normalized spacial score (nSPS) is 11.3. The van der Waals surface area contributed by atoms with Gasteiger partial charge in [0.25, 0.3) is 0 Å². The Hall–Kier alpha value is -3.84. The van der Waals surface area contributed by atoms with Crippen molar-refractivity contribution in [3.05, 3.63) is 82.9 Å². The van der Waals surface area contributed by atoms with Crippen LogP contribution in [0.5, 0.6) is 23.0 Å². The molecule has 0 fully saturated rings. The van der Waals surface area contributed by atoms with Crippen LogP contribution in [0.4, 0.5) is 4.79 Å². The summed E-state index contributed by atoms with van der Waals surface area (Å²) in [6, 6.07) is 18.7. The topological polar surface area (TPSA) is 102 Å². The van der Waals surface area contributed by atoms with Gasteiger partial charge >= 0.3 is 6.09 Å². The van der Waals surface area contributed by atoms with E-state index in [0.717, 1.165) is 5.56 Å². The fraction of sp³-hybridized carbons (Fsp3) is 0.125. The minimum atomic E-state index is -1.39. The van der Waals surface area contributed by atoms with Crippen molar-refractivity contribution in [1.29, 1.82) is 0 Å². The fourth-order valence-corrected chi connectivity index (χ4v) is 3.08. The van der Waals surface area contributed by atoms with E-state index >= 15 is 0 Å². The van der Waals surface area contributed by atoms with Gasteiger partial charge < -0.3 is 14.6 Å². The minimum absolute atomic E-state index is 0.302. The zero-order valence-corrected chi connectivity index (χ0v) is 17.8. The third-order valence-electron chi connectivity index (χ3n) is 4.50. The molecule has 0 aromatic heterocycles.